The Morgan fingerprint density at radius 3 is 2.82 bits per heavy atom. The zero-order valence-corrected chi connectivity index (χ0v) is 14.2. The van der Waals surface area contributed by atoms with Crippen molar-refractivity contribution in [2.24, 2.45) is 0 Å². The third-order valence-electron chi connectivity index (χ3n) is 4.23. The van der Waals surface area contributed by atoms with E-state index in [-0.39, 0.29) is 5.91 Å². The van der Waals surface area contributed by atoms with E-state index in [0.29, 0.717) is 11.7 Å². The number of halogens is 1. The summed E-state index contributed by atoms with van der Waals surface area (Å²) in [5.41, 5.74) is 1.27. The maximum absolute atomic E-state index is 12.6. The van der Waals surface area contributed by atoms with Gasteiger partial charge in [0.25, 0.3) is 5.91 Å². The molecular formula is C16H19BrN4O. The summed E-state index contributed by atoms with van der Waals surface area (Å²) in [6.45, 7) is 0. The van der Waals surface area contributed by atoms with E-state index in [4.69, 9.17) is 0 Å². The molecule has 5 nitrogen and oxygen atoms in total. The molecule has 116 valence electrons. The molecule has 0 unspecified atom stereocenters. The van der Waals surface area contributed by atoms with Crippen molar-refractivity contribution in [3.63, 3.8) is 0 Å². The van der Waals surface area contributed by atoms with Crippen LogP contribution in [0.3, 0.4) is 0 Å². The monoisotopic (exact) mass is 362 g/mol. The van der Waals surface area contributed by atoms with E-state index in [2.05, 4.69) is 26.2 Å². The molecule has 1 aliphatic rings. The van der Waals surface area contributed by atoms with Crippen LogP contribution in [0.5, 0.6) is 0 Å². The highest BCUT2D eigenvalue weighted by molar-refractivity contribution is 9.10. The van der Waals surface area contributed by atoms with Crippen molar-refractivity contribution in [3.8, 4) is 5.69 Å². The van der Waals surface area contributed by atoms with E-state index >= 15 is 0 Å². The first kappa shape index (κ1) is 15.2. The van der Waals surface area contributed by atoms with Crippen LogP contribution in [0.15, 0.2) is 34.9 Å². The van der Waals surface area contributed by atoms with Gasteiger partial charge in [-0.3, -0.25) is 4.79 Å². The lowest BCUT2D eigenvalue weighted by molar-refractivity contribution is 0.0690. The molecule has 1 aliphatic carbocycles. The SMILES string of the molecule is CN(C(=O)c1cn(-c2cccc(Br)c2)nn1)C1CCCCC1. The minimum absolute atomic E-state index is 0.0480. The van der Waals surface area contributed by atoms with Gasteiger partial charge in [-0.1, -0.05) is 46.5 Å². The van der Waals surface area contributed by atoms with Gasteiger partial charge in [0.15, 0.2) is 5.69 Å². The predicted octanol–water partition coefficient (Wildman–Crippen LogP) is 3.43. The largest absolute Gasteiger partial charge is 0.337 e. The lowest BCUT2D eigenvalue weighted by atomic mass is 9.94. The molecule has 0 N–H and O–H groups in total. The Balaban J connectivity index is 1.76. The summed E-state index contributed by atoms with van der Waals surface area (Å²) >= 11 is 3.43. The molecule has 0 radical (unpaired) electrons. The van der Waals surface area contributed by atoms with Gasteiger partial charge in [-0.05, 0) is 31.0 Å². The Kier molecular flexibility index (Phi) is 4.57. The Morgan fingerprint density at radius 2 is 2.09 bits per heavy atom. The molecule has 0 aliphatic heterocycles. The summed E-state index contributed by atoms with van der Waals surface area (Å²) in [6, 6.07) is 8.07. The van der Waals surface area contributed by atoms with Crippen LogP contribution in [0.4, 0.5) is 0 Å². The minimum atomic E-state index is -0.0480. The zero-order chi connectivity index (χ0) is 15.5. The van der Waals surface area contributed by atoms with Gasteiger partial charge < -0.3 is 4.90 Å². The molecule has 1 amide bonds. The second-order valence-electron chi connectivity index (χ2n) is 5.74. The van der Waals surface area contributed by atoms with E-state index in [0.717, 1.165) is 23.0 Å². The van der Waals surface area contributed by atoms with Gasteiger partial charge in [0.05, 0.1) is 11.9 Å². The van der Waals surface area contributed by atoms with Crippen LogP contribution in [-0.2, 0) is 0 Å². The number of amides is 1. The van der Waals surface area contributed by atoms with E-state index in [1.807, 2.05) is 36.2 Å². The van der Waals surface area contributed by atoms with E-state index in [1.54, 1.807) is 10.9 Å². The number of aromatic nitrogens is 3. The molecule has 0 spiro atoms. The molecular weight excluding hydrogens is 344 g/mol. The molecule has 1 heterocycles. The standard InChI is InChI=1S/C16H19BrN4O/c1-20(13-7-3-2-4-8-13)16(22)15-11-21(19-18-15)14-9-5-6-12(17)10-14/h5-6,9-11,13H,2-4,7-8H2,1H3. The predicted molar refractivity (Wildman–Crippen MR) is 88.0 cm³/mol. The number of carbonyl (C=O) groups excluding carboxylic acids is 1. The van der Waals surface area contributed by atoms with Gasteiger partial charge in [0.1, 0.15) is 0 Å². The van der Waals surface area contributed by atoms with Crippen LogP contribution >= 0.6 is 15.9 Å². The normalized spacial score (nSPS) is 15.7. The van der Waals surface area contributed by atoms with Crippen LogP contribution in [0, 0.1) is 0 Å². The Morgan fingerprint density at radius 1 is 1.32 bits per heavy atom. The van der Waals surface area contributed by atoms with E-state index < -0.39 is 0 Å². The minimum Gasteiger partial charge on any atom is -0.337 e. The third-order valence-corrected chi connectivity index (χ3v) is 4.72. The van der Waals surface area contributed by atoms with Crippen molar-refractivity contribution < 1.29 is 4.79 Å². The van der Waals surface area contributed by atoms with Crippen LogP contribution in [-0.4, -0.2) is 38.9 Å². The number of hydrogen-bond acceptors (Lipinski definition) is 3. The smallest absolute Gasteiger partial charge is 0.276 e. The molecule has 2 aromatic rings. The van der Waals surface area contributed by atoms with E-state index in [9.17, 15) is 4.79 Å². The maximum Gasteiger partial charge on any atom is 0.276 e. The quantitative estimate of drug-likeness (QED) is 0.840. The number of nitrogens with zero attached hydrogens (tertiary/aromatic N) is 4. The van der Waals surface area contributed by atoms with Crippen molar-refractivity contribution in [1.82, 2.24) is 19.9 Å². The van der Waals surface area contributed by atoms with Crippen LogP contribution in [0.1, 0.15) is 42.6 Å². The molecule has 1 saturated carbocycles. The highest BCUT2D eigenvalue weighted by Gasteiger charge is 2.24. The average molecular weight is 363 g/mol. The van der Waals surface area contributed by atoms with Crippen molar-refractivity contribution in [3.05, 3.63) is 40.6 Å². The maximum atomic E-state index is 12.6. The molecule has 3 rings (SSSR count). The fourth-order valence-corrected chi connectivity index (χ4v) is 3.31. The van der Waals surface area contributed by atoms with Crippen LogP contribution in [0.2, 0.25) is 0 Å². The second-order valence-corrected chi connectivity index (χ2v) is 6.65. The first-order chi connectivity index (χ1) is 10.6. The highest BCUT2D eigenvalue weighted by atomic mass is 79.9. The Labute approximate surface area is 138 Å². The van der Waals surface area contributed by atoms with Crippen LogP contribution < -0.4 is 0 Å². The summed E-state index contributed by atoms with van der Waals surface area (Å²) in [4.78, 5) is 14.4. The second kappa shape index (κ2) is 6.60. The van der Waals surface area contributed by atoms with Gasteiger partial charge in [-0.15, -0.1) is 5.10 Å². The summed E-state index contributed by atoms with van der Waals surface area (Å²) in [7, 11) is 1.87. The van der Waals surface area contributed by atoms with Crippen LogP contribution in [0.25, 0.3) is 5.69 Å². The van der Waals surface area contributed by atoms with Crippen molar-refractivity contribution >= 4 is 21.8 Å². The number of carbonyl (C=O) groups is 1. The van der Waals surface area contributed by atoms with Crippen molar-refractivity contribution in [2.45, 2.75) is 38.1 Å². The summed E-state index contributed by atoms with van der Waals surface area (Å²) < 4.78 is 2.60. The Bertz CT molecular complexity index is 664. The summed E-state index contributed by atoms with van der Waals surface area (Å²) in [6.07, 6.45) is 7.55. The van der Waals surface area contributed by atoms with Gasteiger partial charge in [-0.2, -0.15) is 0 Å². The van der Waals surface area contributed by atoms with Gasteiger partial charge in [0.2, 0.25) is 0 Å². The first-order valence-electron chi connectivity index (χ1n) is 7.60. The average Bonchev–Trinajstić information content (AvgIpc) is 3.04. The molecule has 1 aromatic carbocycles. The molecule has 0 bridgehead atoms. The molecule has 0 saturated heterocycles. The fraction of sp³-hybridized carbons (Fsp3) is 0.438. The third kappa shape index (κ3) is 3.21. The topological polar surface area (TPSA) is 51.0 Å². The number of benzene rings is 1. The van der Waals surface area contributed by atoms with Crippen molar-refractivity contribution in [2.75, 3.05) is 7.05 Å². The summed E-state index contributed by atoms with van der Waals surface area (Å²) in [5, 5.41) is 8.12. The van der Waals surface area contributed by atoms with Crippen molar-refractivity contribution in [1.29, 1.82) is 0 Å². The molecule has 0 atom stereocenters. The molecule has 22 heavy (non-hydrogen) atoms. The molecule has 1 fully saturated rings. The molecule has 6 heteroatoms. The van der Waals surface area contributed by atoms with Gasteiger partial charge in [0, 0.05) is 17.6 Å². The highest BCUT2D eigenvalue weighted by Crippen LogP contribution is 2.22. The lowest BCUT2D eigenvalue weighted by Crippen LogP contribution is -2.38. The van der Waals surface area contributed by atoms with Gasteiger partial charge in [-0.25, -0.2) is 4.68 Å². The van der Waals surface area contributed by atoms with E-state index in [1.165, 1.54) is 19.3 Å². The number of rotatable bonds is 3. The van der Waals surface area contributed by atoms with Gasteiger partial charge >= 0.3 is 0 Å². The lowest BCUT2D eigenvalue weighted by Gasteiger charge is -2.30. The zero-order valence-electron chi connectivity index (χ0n) is 12.6. The Hall–Kier alpha value is -1.69. The first-order valence-corrected chi connectivity index (χ1v) is 8.40. The summed E-state index contributed by atoms with van der Waals surface area (Å²) in [5.74, 6) is -0.0480. The fourth-order valence-electron chi connectivity index (χ4n) is 2.92. The molecule has 1 aromatic heterocycles. The number of hydrogen-bond donors (Lipinski definition) is 0.